The molecule has 15 nitrogen and oxygen atoms in total. The number of pyridine rings is 2. The SMILES string of the molecule is N#CC1=C(N2CCC3(CC2)CC3)c2cc(C(O)CO)ncc2CC1=O.N#CC1=C(N2CCC3(CC2)CC3)c2cc(C=O)ncc2CC1=O.[Na+].[O-][I+3]([O-])([O-])[O-]. The van der Waals surface area contributed by atoms with Gasteiger partial charge in [0.1, 0.15) is 55.2 Å². The zero-order valence-electron chi connectivity index (χ0n) is 29.9. The monoisotopic (exact) mass is 860 g/mol. The second-order valence-electron chi connectivity index (χ2n) is 14.6. The number of halogens is 1. The number of nitrogens with zero attached hydrogens (tertiary/aromatic N) is 6. The molecule has 278 valence electrons. The van der Waals surface area contributed by atoms with Gasteiger partial charge in [0, 0.05) is 62.5 Å². The Morgan fingerprint density at radius 3 is 1.56 bits per heavy atom. The van der Waals surface area contributed by atoms with E-state index in [4.69, 9.17) is 13.7 Å². The predicted molar refractivity (Wildman–Crippen MR) is 173 cm³/mol. The normalized spacial score (nSPS) is 20.9. The van der Waals surface area contributed by atoms with Gasteiger partial charge >= 0.3 is 29.6 Å². The number of piperidine rings is 2. The average Bonchev–Trinajstić information content (AvgIpc) is 4.08. The number of aliphatic hydroxyl groups excluding tert-OH is 2. The van der Waals surface area contributed by atoms with Crippen molar-refractivity contribution in [3.05, 3.63) is 69.3 Å². The van der Waals surface area contributed by atoms with Gasteiger partial charge in [0.15, 0.2) is 17.9 Å². The Bertz CT molecular complexity index is 1950. The Morgan fingerprint density at radius 1 is 0.778 bits per heavy atom. The Morgan fingerprint density at radius 2 is 1.19 bits per heavy atom. The maximum Gasteiger partial charge on any atom is 1.00 e. The van der Waals surface area contributed by atoms with E-state index in [1.165, 1.54) is 25.7 Å². The molecule has 2 aromatic rings. The summed E-state index contributed by atoms with van der Waals surface area (Å²) < 4.78 is 34.5. The van der Waals surface area contributed by atoms with Crippen molar-refractivity contribution in [3.8, 4) is 12.1 Å². The van der Waals surface area contributed by atoms with E-state index in [-0.39, 0.29) is 65.1 Å². The summed E-state index contributed by atoms with van der Waals surface area (Å²) >= 11 is -5.94. The average molecular weight is 861 g/mol. The van der Waals surface area contributed by atoms with E-state index < -0.39 is 32.8 Å². The van der Waals surface area contributed by atoms with Gasteiger partial charge in [0.2, 0.25) is 0 Å². The first-order valence-corrected chi connectivity index (χ1v) is 20.9. The molecular formula is C37H38IN6NaO9. The Labute approximate surface area is 340 Å². The van der Waals surface area contributed by atoms with Gasteiger partial charge in [0.05, 0.1) is 23.7 Å². The summed E-state index contributed by atoms with van der Waals surface area (Å²) in [5.41, 5.74) is 6.75. The van der Waals surface area contributed by atoms with E-state index in [0.29, 0.717) is 39.9 Å². The van der Waals surface area contributed by atoms with E-state index in [1.807, 2.05) is 0 Å². The van der Waals surface area contributed by atoms with Crippen LogP contribution in [0.25, 0.3) is 11.4 Å². The van der Waals surface area contributed by atoms with Gasteiger partial charge < -0.3 is 20.0 Å². The van der Waals surface area contributed by atoms with Crippen molar-refractivity contribution < 1.29 is 88.0 Å². The van der Waals surface area contributed by atoms with Crippen molar-refractivity contribution in [3.63, 3.8) is 0 Å². The maximum absolute atomic E-state index is 12.4. The maximum atomic E-state index is 12.4. The van der Waals surface area contributed by atoms with E-state index in [1.54, 1.807) is 24.5 Å². The third-order valence-electron chi connectivity index (χ3n) is 11.3. The van der Waals surface area contributed by atoms with Gasteiger partial charge in [-0.15, -0.1) is 0 Å². The van der Waals surface area contributed by atoms with Crippen molar-refractivity contribution in [1.82, 2.24) is 19.8 Å². The summed E-state index contributed by atoms with van der Waals surface area (Å²) in [6.07, 6.45) is 12.8. The van der Waals surface area contributed by atoms with Crippen molar-refractivity contribution in [1.29, 1.82) is 10.5 Å². The molecule has 4 fully saturated rings. The number of likely N-dealkylation sites (tertiary alicyclic amines) is 2. The molecule has 4 heterocycles. The number of hydrogen-bond acceptors (Lipinski definition) is 15. The number of aldehydes is 1. The first-order valence-electron chi connectivity index (χ1n) is 17.4. The molecule has 8 rings (SSSR count). The van der Waals surface area contributed by atoms with Crippen LogP contribution in [0.4, 0.5) is 0 Å². The Balaban J connectivity index is 0.000000182. The minimum atomic E-state index is -5.94. The second kappa shape index (κ2) is 16.9. The molecule has 0 amide bonds. The Kier molecular flexibility index (Phi) is 13.2. The largest absolute Gasteiger partial charge is 1.00 e. The summed E-state index contributed by atoms with van der Waals surface area (Å²) in [4.78, 5) is 48.4. The van der Waals surface area contributed by atoms with Crippen LogP contribution in [-0.2, 0) is 22.4 Å². The zero-order valence-corrected chi connectivity index (χ0v) is 34.0. The van der Waals surface area contributed by atoms with Crippen LogP contribution in [0.15, 0.2) is 35.7 Å². The summed E-state index contributed by atoms with van der Waals surface area (Å²) in [7, 11) is 0. The standard InChI is InChI=1S/C19H21N3O3.C18H17N3O2.IO4.Na/c20-9-14-16(24)7-12-10-21-15(17(25)11-23)8-13(12)18(14)22-5-3-19(1-2-19)4-6-22;19-9-15-16(23)7-12-10-20-13(11-22)8-14(12)17(15)21-5-3-18(1-2-18)4-6-21;2-1(3,4)5;/h8,10,17,23,25H,1-7,11H2;8,10-11H,1-7H2;;/q;;-1;+1. The van der Waals surface area contributed by atoms with Gasteiger partial charge in [-0.1, -0.05) is 0 Å². The summed E-state index contributed by atoms with van der Waals surface area (Å²) in [5.74, 6) is -0.323. The number of carbonyl (C=O) groups is 3. The molecule has 0 radical (unpaired) electrons. The fourth-order valence-electron chi connectivity index (χ4n) is 7.77. The van der Waals surface area contributed by atoms with Crippen molar-refractivity contribution in [2.75, 3.05) is 32.8 Å². The molecule has 2 saturated heterocycles. The number of Topliss-reactive ketones (excluding diaryl/α,β-unsaturated/α-hetero) is 2. The first-order chi connectivity index (χ1) is 25.2. The third-order valence-corrected chi connectivity index (χ3v) is 11.3. The van der Waals surface area contributed by atoms with Crippen molar-refractivity contribution in [2.45, 2.75) is 70.3 Å². The first kappa shape index (κ1) is 42.0. The van der Waals surface area contributed by atoms with Crippen LogP contribution < -0.4 is 63.4 Å². The van der Waals surface area contributed by atoms with Crippen molar-refractivity contribution in [2.24, 2.45) is 10.8 Å². The fourth-order valence-corrected chi connectivity index (χ4v) is 7.77. The topological polar surface area (TPSA) is 264 Å². The zero-order chi connectivity index (χ0) is 38.1. The molecule has 2 N–H and O–H groups in total. The minimum absolute atomic E-state index is 0. The van der Waals surface area contributed by atoms with Crippen LogP contribution in [0, 0.1) is 33.5 Å². The number of allylic oxidation sites excluding steroid dienone is 2. The van der Waals surface area contributed by atoms with Crippen LogP contribution in [-0.4, -0.2) is 80.6 Å². The number of hydrogen-bond donors (Lipinski definition) is 2. The number of ketones is 2. The van der Waals surface area contributed by atoms with Gasteiger partial charge in [-0.3, -0.25) is 38.1 Å². The van der Waals surface area contributed by atoms with E-state index in [0.717, 1.165) is 74.1 Å². The molecule has 2 spiro atoms. The summed E-state index contributed by atoms with van der Waals surface area (Å²) in [6, 6.07) is 7.62. The number of aromatic nitrogens is 2. The van der Waals surface area contributed by atoms with Crippen LogP contribution in [0.3, 0.4) is 0 Å². The molecule has 0 bridgehead atoms. The van der Waals surface area contributed by atoms with E-state index >= 15 is 0 Å². The smallest absolute Gasteiger partial charge is 0.393 e. The summed E-state index contributed by atoms with van der Waals surface area (Å²) in [5, 5.41) is 38.2. The van der Waals surface area contributed by atoms with Crippen LogP contribution >= 0.6 is 0 Å². The van der Waals surface area contributed by atoms with Gasteiger partial charge in [-0.2, -0.15) is 10.5 Å². The van der Waals surface area contributed by atoms with Gasteiger partial charge in [0.25, 0.3) is 0 Å². The number of carbonyl (C=O) groups excluding carboxylic acids is 3. The predicted octanol–water partition coefficient (Wildman–Crippen LogP) is -7.27. The van der Waals surface area contributed by atoms with Gasteiger partial charge in [-0.05, 0) is 85.5 Å². The molecule has 2 aliphatic heterocycles. The summed E-state index contributed by atoms with van der Waals surface area (Å²) in [6.45, 7) is 3.00. The fraction of sp³-hybridized carbons (Fsp3) is 0.486. The minimum Gasteiger partial charge on any atom is -0.393 e. The molecule has 0 aromatic carbocycles. The van der Waals surface area contributed by atoms with Crippen molar-refractivity contribution >= 4 is 29.2 Å². The number of aliphatic hydroxyl groups is 2. The molecule has 2 aromatic heterocycles. The second-order valence-corrected chi connectivity index (χ2v) is 16.7. The number of rotatable bonds is 5. The molecule has 6 aliphatic rings. The molecular weight excluding hydrogens is 822 g/mol. The quantitative estimate of drug-likeness (QED) is 0.161. The van der Waals surface area contributed by atoms with Crippen LogP contribution in [0.5, 0.6) is 0 Å². The van der Waals surface area contributed by atoms with Gasteiger partial charge in [-0.25, -0.2) is 0 Å². The molecule has 1 unspecified atom stereocenters. The molecule has 17 heteroatoms. The molecule has 2 saturated carbocycles. The van der Waals surface area contributed by atoms with E-state index in [9.17, 15) is 35.1 Å². The third kappa shape index (κ3) is 9.44. The van der Waals surface area contributed by atoms with E-state index in [2.05, 4.69) is 31.9 Å². The number of fused-ring (bicyclic) bond motifs is 2. The van der Waals surface area contributed by atoms with Crippen LogP contribution in [0.1, 0.15) is 95.9 Å². The molecule has 54 heavy (non-hydrogen) atoms. The molecule has 1 atom stereocenters. The molecule has 4 aliphatic carbocycles. The van der Waals surface area contributed by atoms with Crippen LogP contribution in [0.2, 0.25) is 0 Å². The number of nitriles is 2. The Hall–Kier alpha value is -3.14.